The molecule has 0 radical (unpaired) electrons. The van der Waals surface area contributed by atoms with Crippen LogP contribution in [0.2, 0.25) is 0 Å². The van der Waals surface area contributed by atoms with Crippen molar-refractivity contribution in [2.24, 2.45) is 28.7 Å². The van der Waals surface area contributed by atoms with Gasteiger partial charge in [0.1, 0.15) is 26.4 Å². The van der Waals surface area contributed by atoms with Crippen molar-refractivity contribution in [1.82, 2.24) is 10.6 Å². The molecule has 0 aromatic heterocycles. The van der Waals surface area contributed by atoms with E-state index in [2.05, 4.69) is 16.6 Å². The van der Waals surface area contributed by atoms with Gasteiger partial charge in [-0.3, -0.25) is 0 Å². The zero-order valence-electron chi connectivity index (χ0n) is 24.3. The van der Waals surface area contributed by atoms with Gasteiger partial charge in [-0.05, 0) is 82.5 Å². The Morgan fingerprint density at radius 1 is 0.875 bits per heavy atom. The summed E-state index contributed by atoms with van der Waals surface area (Å²) in [5.41, 5.74) is 10.2. The lowest BCUT2D eigenvalue weighted by Gasteiger charge is -2.34. The van der Waals surface area contributed by atoms with E-state index >= 15 is 0 Å². The van der Waals surface area contributed by atoms with Crippen LogP contribution in [0.4, 0.5) is 14.4 Å². The summed E-state index contributed by atoms with van der Waals surface area (Å²) in [4.78, 5) is 35.7. The van der Waals surface area contributed by atoms with Gasteiger partial charge in [-0.25, -0.2) is 14.4 Å². The number of nitrogens with two attached hydrogens (primary N) is 2. The third kappa shape index (κ3) is 12.6. The molecule has 228 valence electrons. The Morgan fingerprint density at radius 2 is 1.40 bits per heavy atom. The van der Waals surface area contributed by atoms with Crippen molar-refractivity contribution in [2.45, 2.75) is 103 Å². The first-order valence-corrected chi connectivity index (χ1v) is 14.7. The Hall–Kier alpha value is -2.71. The summed E-state index contributed by atoms with van der Waals surface area (Å²) in [6, 6.07) is 0.133. The summed E-state index contributed by atoms with van der Waals surface area (Å²) in [5, 5.41) is 5.97. The van der Waals surface area contributed by atoms with Gasteiger partial charge in [0.25, 0.3) is 0 Å². The predicted molar refractivity (Wildman–Crippen MR) is 151 cm³/mol. The van der Waals surface area contributed by atoms with Crippen molar-refractivity contribution >= 4 is 18.3 Å². The van der Waals surface area contributed by atoms with Gasteiger partial charge in [-0.1, -0.05) is 19.8 Å². The smallest absolute Gasteiger partial charge is 0.407 e. The average Bonchev–Trinajstić information content (AvgIpc) is 2.95. The first-order valence-electron chi connectivity index (χ1n) is 14.7. The van der Waals surface area contributed by atoms with E-state index in [4.69, 9.17) is 36.8 Å². The Labute approximate surface area is 239 Å². The maximum atomic E-state index is 12.6. The van der Waals surface area contributed by atoms with Crippen molar-refractivity contribution < 1.29 is 33.3 Å². The van der Waals surface area contributed by atoms with Gasteiger partial charge in [0.05, 0.1) is 12.0 Å². The highest BCUT2D eigenvalue weighted by atomic mass is 16.6. The minimum Gasteiger partial charge on any atom is -0.449 e. The second-order valence-corrected chi connectivity index (χ2v) is 11.5. The SMILES string of the molecule is C#CCOCC(CC)(COC(N)=O)COC(=O)NC1CCC(CC2CCC(NC(=O)OCC(N)CC)CC2)CC1. The van der Waals surface area contributed by atoms with Gasteiger partial charge in [0, 0.05) is 18.1 Å². The molecule has 11 heteroatoms. The molecular weight excluding hydrogens is 516 g/mol. The summed E-state index contributed by atoms with van der Waals surface area (Å²) >= 11 is 0. The van der Waals surface area contributed by atoms with Gasteiger partial charge in [-0.2, -0.15) is 0 Å². The van der Waals surface area contributed by atoms with Gasteiger partial charge in [0.15, 0.2) is 0 Å². The summed E-state index contributed by atoms with van der Waals surface area (Å²) < 4.78 is 21.2. The van der Waals surface area contributed by atoms with E-state index in [9.17, 15) is 14.4 Å². The lowest BCUT2D eigenvalue weighted by atomic mass is 9.76. The fourth-order valence-corrected chi connectivity index (χ4v) is 5.47. The highest BCUT2D eigenvalue weighted by molar-refractivity contribution is 5.68. The van der Waals surface area contributed by atoms with Crippen LogP contribution in [0.3, 0.4) is 0 Å². The molecular formula is C29H50N4O7. The maximum Gasteiger partial charge on any atom is 0.407 e. The summed E-state index contributed by atoms with van der Waals surface area (Å²) in [7, 11) is 0. The topological polar surface area (TPSA) is 164 Å². The number of terminal acetylenes is 1. The van der Waals surface area contributed by atoms with E-state index < -0.39 is 17.6 Å². The van der Waals surface area contributed by atoms with Crippen molar-refractivity contribution in [3.05, 3.63) is 0 Å². The number of nitrogens with one attached hydrogen (secondary N) is 2. The molecule has 3 amide bonds. The number of primary amides is 1. The average molecular weight is 567 g/mol. The normalized spacial score (nSPS) is 24.9. The fourth-order valence-electron chi connectivity index (χ4n) is 5.47. The lowest BCUT2D eigenvalue weighted by molar-refractivity contribution is -0.0307. The number of rotatable bonds is 15. The second-order valence-electron chi connectivity index (χ2n) is 11.5. The first-order chi connectivity index (χ1) is 19.2. The van der Waals surface area contributed by atoms with Crippen LogP contribution in [0.25, 0.3) is 0 Å². The van der Waals surface area contributed by atoms with E-state index in [1.54, 1.807) is 0 Å². The summed E-state index contributed by atoms with van der Waals surface area (Å²) in [6.45, 7) is 4.39. The third-order valence-electron chi connectivity index (χ3n) is 8.33. The standard InChI is InChI=1S/C29H50N4O7/c1-4-15-37-18-29(6-3,19-39-26(31)34)20-40-28(36)33-25-13-9-22(10-14-25)16-21-7-11-24(12-8-21)32-27(35)38-17-23(30)5-2/h1,21-25H,5-20,30H2,2-3H3,(H2,31,34)(H,32,35)(H,33,36). The number of amides is 3. The van der Waals surface area contributed by atoms with Crippen LogP contribution in [0, 0.1) is 29.6 Å². The molecule has 2 aliphatic carbocycles. The zero-order chi connectivity index (χ0) is 29.4. The predicted octanol–water partition coefficient (Wildman–Crippen LogP) is 3.83. The van der Waals surface area contributed by atoms with Crippen molar-refractivity contribution in [3.63, 3.8) is 0 Å². The minimum absolute atomic E-state index is 0.0179. The molecule has 0 aliphatic heterocycles. The van der Waals surface area contributed by atoms with E-state index in [1.165, 1.54) is 6.42 Å². The largest absolute Gasteiger partial charge is 0.449 e. The van der Waals surface area contributed by atoms with Crippen LogP contribution in [-0.4, -0.2) is 69.4 Å². The molecule has 2 unspecified atom stereocenters. The molecule has 2 atom stereocenters. The second kappa shape index (κ2) is 17.9. The molecule has 2 fully saturated rings. The van der Waals surface area contributed by atoms with Crippen molar-refractivity contribution in [3.8, 4) is 12.3 Å². The van der Waals surface area contributed by atoms with Crippen molar-refractivity contribution in [2.75, 3.05) is 33.0 Å². The Kier molecular flexibility index (Phi) is 15.0. The number of carbonyl (C=O) groups excluding carboxylic acids is 3. The Bertz CT molecular complexity index is 820. The van der Waals surface area contributed by atoms with Crippen LogP contribution >= 0.6 is 0 Å². The quantitative estimate of drug-likeness (QED) is 0.132. The monoisotopic (exact) mass is 566 g/mol. The van der Waals surface area contributed by atoms with Gasteiger partial charge in [-0.15, -0.1) is 6.42 Å². The molecule has 6 N–H and O–H groups in total. The number of ether oxygens (including phenoxy) is 4. The minimum atomic E-state index is -0.895. The molecule has 40 heavy (non-hydrogen) atoms. The van der Waals surface area contributed by atoms with Crippen LogP contribution < -0.4 is 22.1 Å². The Morgan fingerprint density at radius 3 is 1.88 bits per heavy atom. The number of hydrogen-bond acceptors (Lipinski definition) is 8. The molecule has 2 aliphatic rings. The van der Waals surface area contributed by atoms with Gasteiger partial charge >= 0.3 is 18.3 Å². The molecule has 0 aromatic rings. The molecule has 2 saturated carbocycles. The summed E-state index contributed by atoms with van der Waals surface area (Å²) in [6.07, 6.45) is 14.1. The van der Waals surface area contributed by atoms with Crippen LogP contribution in [0.5, 0.6) is 0 Å². The van der Waals surface area contributed by atoms with E-state index in [0.717, 1.165) is 57.8 Å². The number of carbonyl (C=O) groups is 3. The zero-order valence-corrected chi connectivity index (χ0v) is 24.3. The molecule has 0 spiro atoms. The Balaban J connectivity index is 1.66. The highest BCUT2D eigenvalue weighted by Crippen LogP contribution is 2.35. The lowest BCUT2D eigenvalue weighted by Crippen LogP contribution is -2.43. The van der Waals surface area contributed by atoms with Gasteiger partial charge in [0.2, 0.25) is 0 Å². The van der Waals surface area contributed by atoms with Crippen LogP contribution in [0.15, 0.2) is 0 Å². The van der Waals surface area contributed by atoms with E-state index in [0.29, 0.717) is 18.3 Å². The summed E-state index contributed by atoms with van der Waals surface area (Å²) in [5.74, 6) is 3.72. The molecule has 0 saturated heterocycles. The highest BCUT2D eigenvalue weighted by Gasteiger charge is 2.33. The fraction of sp³-hybridized carbons (Fsp3) is 0.828. The van der Waals surface area contributed by atoms with E-state index in [-0.39, 0.29) is 57.3 Å². The van der Waals surface area contributed by atoms with E-state index in [1.807, 2.05) is 13.8 Å². The number of alkyl carbamates (subject to hydrolysis) is 2. The van der Waals surface area contributed by atoms with Gasteiger partial charge < -0.3 is 41.0 Å². The molecule has 2 rings (SSSR count). The molecule has 0 aromatic carbocycles. The van der Waals surface area contributed by atoms with Crippen molar-refractivity contribution in [1.29, 1.82) is 0 Å². The maximum absolute atomic E-state index is 12.6. The molecule has 0 bridgehead atoms. The molecule has 11 nitrogen and oxygen atoms in total. The first kappa shape index (κ1) is 33.5. The number of hydrogen-bond donors (Lipinski definition) is 4. The van der Waals surface area contributed by atoms with Crippen LogP contribution in [0.1, 0.15) is 84.5 Å². The third-order valence-corrected chi connectivity index (χ3v) is 8.33. The van der Waals surface area contributed by atoms with Crippen LogP contribution in [-0.2, 0) is 18.9 Å². The molecule has 0 heterocycles.